The number of rotatable bonds is 4. The molecule has 0 aliphatic rings. The molecule has 1 heterocycles. The summed E-state index contributed by atoms with van der Waals surface area (Å²) in [7, 11) is 0. The molecule has 0 unspecified atom stereocenters. The van der Waals surface area contributed by atoms with Crippen molar-refractivity contribution in [1.29, 1.82) is 0 Å². The van der Waals surface area contributed by atoms with Crippen molar-refractivity contribution >= 4 is 5.91 Å². The van der Waals surface area contributed by atoms with Crippen LogP contribution in [0.4, 0.5) is 0 Å². The third-order valence-corrected chi connectivity index (χ3v) is 3.01. The molecule has 0 spiro atoms. The highest BCUT2D eigenvalue weighted by atomic mass is 16.2. The van der Waals surface area contributed by atoms with Gasteiger partial charge in [-0.25, -0.2) is 0 Å². The maximum atomic E-state index is 11.9. The van der Waals surface area contributed by atoms with E-state index in [1.807, 2.05) is 32.9 Å². The van der Waals surface area contributed by atoms with Crippen LogP contribution in [-0.4, -0.2) is 16.9 Å². The van der Waals surface area contributed by atoms with Crippen LogP contribution in [0.3, 0.4) is 0 Å². The maximum absolute atomic E-state index is 11.9. The Balaban J connectivity index is 2.63. The van der Waals surface area contributed by atoms with E-state index in [1.165, 1.54) is 0 Å². The van der Waals surface area contributed by atoms with E-state index in [0.717, 1.165) is 17.7 Å². The van der Waals surface area contributed by atoms with Crippen LogP contribution in [0, 0.1) is 5.41 Å². The zero-order valence-electron chi connectivity index (χ0n) is 11.7. The van der Waals surface area contributed by atoms with Crippen LogP contribution < -0.4 is 11.1 Å². The van der Waals surface area contributed by atoms with Crippen LogP contribution in [0.5, 0.6) is 0 Å². The zero-order chi connectivity index (χ0) is 13.8. The molecule has 1 aromatic heterocycles. The lowest BCUT2D eigenvalue weighted by molar-refractivity contribution is -0.124. The number of pyridine rings is 1. The van der Waals surface area contributed by atoms with Crippen molar-refractivity contribution in [2.45, 2.75) is 46.7 Å². The highest BCUT2D eigenvalue weighted by Crippen LogP contribution is 2.17. The van der Waals surface area contributed by atoms with Gasteiger partial charge in [0.15, 0.2) is 0 Å². The highest BCUT2D eigenvalue weighted by Gasteiger charge is 2.27. The average Bonchev–Trinajstić information content (AvgIpc) is 2.34. The van der Waals surface area contributed by atoms with E-state index < -0.39 is 6.04 Å². The molecular formula is C14H23N3O. The first kappa shape index (κ1) is 14.6. The van der Waals surface area contributed by atoms with E-state index in [-0.39, 0.29) is 11.3 Å². The third kappa shape index (κ3) is 3.81. The van der Waals surface area contributed by atoms with Gasteiger partial charge in [-0.1, -0.05) is 33.8 Å². The van der Waals surface area contributed by atoms with Crippen molar-refractivity contribution in [3.05, 3.63) is 29.6 Å². The van der Waals surface area contributed by atoms with E-state index in [1.54, 1.807) is 6.20 Å². The molecule has 3 N–H and O–H groups in total. The van der Waals surface area contributed by atoms with Crippen molar-refractivity contribution in [2.75, 3.05) is 0 Å². The second-order valence-corrected chi connectivity index (χ2v) is 5.52. The van der Waals surface area contributed by atoms with Gasteiger partial charge in [0.05, 0.1) is 18.3 Å². The largest absolute Gasteiger partial charge is 0.349 e. The minimum Gasteiger partial charge on any atom is -0.349 e. The number of aromatic nitrogens is 1. The number of hydrogen-bond donors (Lipinski definition) is 2. The number of aryl methyl sites for hydroxylation is 1. The maximum Gasteiger partial charge on any atom is 0.237 e. The van der Waals surface area contributed by atoms with Gasteiger partial charge in [-0.2, -0.15) is 0 Å². The topological polar surface area (TPSA) is 68.0 Å². The van der Waals surface area contributed by atoms with Crippen molar-refractivity contribution < 1.29 is 4.79 Å². The first-order valence-electron chi connectivity index (χ1n) is 6.32. The van der Waals surface area contributed by atoms with Crippen molar-refractivity contribution in [2.24, 2.45) is 11.1 Å². The Morgan fingerprint density at radius 3 is 2.72 bits per heavy atom. The summed E-state index contributed by atoms with van der Waals surface area (Å²) in [6.07, 6.45) is 2.65. The Kier molecular flexibility index (Phi) is 4.84. The standard InChI is InChI=1S/C14H23N3O/c1-5-10-7-6-8-16-11(10)9-17-13(18)12(15)14(2,3)4/h6-8,12H,5,9,15H2,1-4H3,(H,17,18)/t12-/m0/s1. The van der Waals surface area contributed by atoms with Gasteiger partial charge in [-0.3, -0.25) is 9.78 Å². The Morgan fingerprint density at radius 2 is 2.17 bits per heavy atom. The molecule has 0 aromatic carbocycles. The van der Waals surface area contributed by atoms with Crippen LogP contribution in [-0.2, 0) is 17.8 Å². The molecule has 0 aliphatic carbocycles. The molecule has 1 amide bonds. The van der Waals surface area contributed by atoms with E-state index >= 15 is 0 Å². The van der Waals surface area contributed by atoms with Gasteiger partial charge in [-0.15, -0.1) is 0 Å². The fourth-order valence-corrected chi connectivity index (χ4v) is 1.63. The number of carbonyl (C=O) groups excluding carboxylic acids is 1. The molecule has 1 aromatic rings. The van der Waals surface area contributed by atoms with Crippen molar-refractivity contribution in [3.8, 4) is 0 Å². The SMILES string of the molecule is CCc1cccnc1CNC(=O)[C@H](N)C(C)(C)C. The lowest BCUT2D eigenvalue weighted by Gasteiger charge is -2.25. The molecule has 0 saturated carbocycles. The molecule has 0 bridgehead atoms. The Hall–Kier alpha value is -1.42. The molecule has 4 nitrogen and oxygen atoms in total. The molecule has 0 saturated heterocycles. The Bertz CT molecular complexity index is 410. The highest BCUT2D eigenvalue weighted by molar-refractivity contribution is 5.82. The second kappa shape index (κ2) is 5.96. The lowest BCUT2D eigenvalue weighted by Crippen LogP contribution is -2.48. The number of carbonyl (C=O) groups is 1. The summed E-state index contributed by atoms with van der Waals surface area (Å²) in [5.74, 6) is -0.129. The average molecular weight is 249 g/mol. The minimum absolute atomic E-state index is 0.129. The van der Waals surface area contributed by atoms with Gasteiger partial charge in [0, 0.05) is 6.20 Å². The number of hydrogen-bond acceptors (Lipinski definition) is 3. The number of nitrogens with two attached hydrogens (primary N) is 1. The van der Waals surface area contributed by atoms with Crippen molar-refractivity contribution in [3.63, 3.8) is 0 Å². The van der Waals surface area contributed by atoms with Crippen LogP contribution >= 0.6 is 0 Å². The summed E-state index contributed by atoms with van der Waals surface area (Å²) in [5.41, 5.74) is 7.73. The summed E-state index contributed by atoms with van der Waals surface area (Å²) in [5, 5.41) is 2.85. The molecule has 18 heavy (non-hydrogen) atoms. The summed E-state index contributed by atoms with van der Waals surface area (Å²) in [6, 6.07) is 3.43. The van der Waals surface area contributed by atoms with E-state index in [9.17, 15) is 4.79 Å². The molecule has 0 aliphatic heterocycles. The Morgan fingerprint density at radius 1 is 1.50 bits per heavy atom. The lowest BCUT2D eigenvalue weighted by atomic mass is 9.87. The summed E-state index contributed by atoms with van der Waals surface area (Å²) in [6.45, 7) is 8.37. The molecule has 1 atom stereocenters. The van der Waals surface area contributed by atoms with Gasteiger partial charge in [0.2, 0.25) is 5.91 Å². The second-order valence-electron chi connectivity index (χ2n) is 5.52. The molecule has 1 rings (SSSR count). The van der Waals surface area contributed by atoms with E-state index in [0.29, 0.717) is 6.54 Å². The van der Waals surface area contributed by atoms with Crippen LogP contribution in [0.15, 0.2) is 18.3 Å². The summed E-state index contributed by atoms with van der Waals surface area (Å²) in [4.78, 5) is 16.2. The monoisotopic (exact) mass is 249 g/mol. The van der Waals surface area contributed by atoms with Gasteiger partial charge >= 0.3 is 0 Å². The number of nitrogens with zero attached hydrogens (tertiary/aromatic N) is 1. The zero-order valence-corrected chi connectivity index (χ0v) is 11.7. The number of nitrogens with one attached hydrogen (secondary N) is 1. The van der Waals surface area contributed by atoms with E-state index in [2.05, 4.69) is 17.2 Å². The van der Waals surface area contributed by atoms with Crippen LogP contribution in [0.1, 0.15) is 39.0 Å². The van der Waals surface area contributed by atoms with Gasteiger partial charge < -0.3 is 11.1 Å². The van der Waals surface area contributed by atoms with Gasteiger partial charge in [0.1, 0.15) is 0 Å². The first-order chi connectivity index (χ1) is 8.36. The summed E-state index contributed by atoms with van der Waals surface area (Å²) >= 11 is 0. The van der Waals surface area contributed by atoms with Crippen molar-refractivity contribution in [1.82, 2.24) is 10.3 Å². The molecule has 0 fully saturated rings. The number of amides is 1. The molecule has 0 radical (unpaired) electrons. The fraction of sp³-hybridized carbons (Fsp3) is 0.571. The third-order valence-electron chi connectivity index (χ3n) is 3.01. The molecule has 4 heteroatoms. The predicted molar refractivity (Wildman–Crippen MR) is 72.9 cm³/mol. The molecule has 100 valence electrons. The van der Waals surface area contributed by atoms with Gasteiger partial charge in [0.25, 0.3) is 0 Å². The quantitative estimate of drug-likeness (QED) is 0.852. The smallest absolute Gasteiger partial charge is 0.237 e. The Labute approximate surface area is 109 Å². The van der Waals surface area contributed by atoms with E-state index in [4.69, 9.17) is 5.73 Å². The van der Waals surface area contributed by atoms with Gasteiger partial charge in [-0.05, 0) is 23.5 Å². The fourth-order valence-electron chi connectivity index (χ4n) is 1.63. The van der Waals surface area contributed by atoms with Crippen LogP contribution in [0.2, 0.25) is 0 Å². The molecular weight excluding hydrogens is 226 g/mol. The summed E-state index contributed by atoms with van der Waals surface area (Å²) < 4.78 is 0. The minimum atomic E-state index is -0.508. The normalized spacial score (nSPS) is 13.2. The first-order valence-corrected chi connectivity index (χ1v) is 6.32. The predicted octanol–water partition coefficient (Wildman–Crippen LogP) is 1.63. The van der Waals surface area contributed by atoms with Crippen LogP contribution in [0.25, 0.3) is 0 Å².